The molecule has 2 aromatic rings. The van der Waals surface area contributed by atoms with Crippen molar-refractivity contribution < 1.29 is 4.74 Å². The number of methoxy groups -OCH3 is 1. The number of ether oxygens (including phenoxy) is 1. The van der Waals surface area contributed by atoms with Crippen LogP contribution in [0.2, 0.25) is 0 Å². The molecule has 0 spiro atoms. The highest BCUT2D eigenvalue weighted by Crippen LogP contribution is 2.27. The third kappa shape index (κ3) is 2.45. The molecule has 0 fully saturated rings. The fourth-order valence-corrected chi connectivity index (χ4v) is 2.28. The van der Waals surface area contributed by atoms with Gasteiger partial charge in [-0.15, -0.1) is 0 Å². The molecule has 1 heterocycles. The third-order valence-electron chi connectivity index (χ3n) is 3.59. The molecule has 0 bridgehead atoms. The van der Waals surface area contributed by atoms with E-state index in [0.29, 0.717) is 0 Å². The summed E-state index contributed by atoms with van der Waals surface area (Å²) in [5, 5.41) is 3.33. The number of hydrogen-bond donors (Lipinski definition) is 1. The first-order chi connectivity index (χ1) is 9.03. The molecule has 0 saturated carbocycles. The maximum atomic E-state index is 5.28. The molecule has 0 aliphatic heterocycles. The molecule has 0 saturated heterocycles. The minimum atomic E-state index is -0.151. The molecule has 19 heavy (non-hydrogen) atoms. The maximum Gasteiger partial charge on any atom is 0.129 e. The molecule has 2 rings (SSSR count). The predicted octanol–water partition coefficient (Wildman–Crippen LogP) is 2.91. The number of rotatable bonds is 5. The van der Waals surface area contributed by atoms with Crippen LogP contribution in [0.15, 0.2) is 18.2 Å². The molecular weight excluding hydrogens is 238 g/mol. The van der Waals surface area contributed by atoms with Crippen molar-refractivity contribution in [3.63, 3.8) is 0 Å². The van der Waals surface area contributed by atoms with Gasteiger partial charge in [0.25, 0.3) is 0 Å². The molecule has 104 valence electrons. The van der Waals surface area contributed by atoms with Gasteiger partial charge >= 0.3 is 0 Å². The van der Waals surface area contributed by atoms with Crippen molar-refractivity contribution in [1.82, 2.24) is 14.9 Å². The lowest BCUT2D eigenvalue weighted by Crippen LogP contribution is -2.36. The minimum absolute atomic E-state index is 0.151. The van der Waals surface area contributed by atoms with Crippen molar-refractivity contribution in [2.75, 3.05) is 14.2 Å². The number of nitrogens with zero attached hydrogens (tertiary/aromatic N) is 2. The van der Waals surface area contributed by atoms with E-state index in [1.807, 2.05) is 19.2 Å². The van der Waals surface area contributed by atoms with Crippen LogP contribution in [0.1, 0.15) is 33.0 Å². The first-order valence-electron chi connectivity index (χ1n) is 6.77. The predicted molar refractivity (Wildman–Crippen MR) is 78.7 cm³/mol. The van der Waals surface area contributed by atoms with E-state index in [9.17, 15) is 0 Å². The summed E-state index contributed by atoms with van der Waals surface area (Å²) in [6, 6.07) is 6.08. The van der Waals surface area contributed by atoms with Crippen LogP contribution in [-0.2, 0) is 12.1 Å². The van der Waals surface area contributed by atoms with Gasteiger partial charge in [0.1, 0.15) is 11.6 Å². The highest BCUT2D eigenvalue weighted by atomic mass is 16.5. The quantitative estimate of drug-likeness (QED) is 0.899. The van der Waals surface area contributed by atoms with Crippen molar-refractivity contribution in [2.45, 2.75) is 39.3 Å². The topological polar surface area (TPSA) is 39.1 Å². The molecule has 4 nitrogen and oxygen atoms in total. The molecule has 0 unspecified atom stereocenters. The Kier molecular flexibility index (Phi) is 3.80. The van der Waals surface area contributed by atoms with Gasteiger partial charge in [0.15, 0.2) is 0 Å². The Hall–Kier alpha value is -1.55. The summed E-state index contributed by atoms with van der Waals surface area (Å²) in [6.45, 7) is 7.46. The Morgan fingerprint density at radius 1 is 1.37 bits per heavy atom. The van der Waals surface area contributed by atoms with E-state index >= 15 is 0 Å². The van der Waals surface area contributed by atoms with Crippen LogP contribution in [0.3, 0.4) is 0 Å². The van der Waals surface area contributed by atoms with Gasteiger partial charge in [0.2, 0.25) is 0 Å². The standard InChI is InChI=1S/C15H23N3O/c1-6-9-18-13-8-7-11(19-5)10-12(13)17-14(18)15(2,3)16-4/h7-8,10,16H,6,9H2,1-5H3. The van der Waals surface area contributed by atoms with Crippen molar-refractivity contribution in [3.05, 3.63) is 24.0 Å². The molecule has 0 aliphatic rings. The van der Waals surface area contributed by atoms with Gasteiger partial charge in [-0.05, 0) is 39.4 Å². The normalized spacial score (nSPS) is 12.1. The summed E-state index contributed by atoms with van der Waals surface area (Å²) in [6.07, 6.45) is 1.09. The lowest BCUT2D eigenvalue weighted by Gasteiger charge is -2.24. The van der Waals surface area contributed by atoms with E-state index < -0.39 is 0 Å². The smallest absolute Gasteiger partial charge is 0.129 e. The number of aromatic nitrogens is 2. The first-order valence-corrected chi connectivity index (χ1v) is 6.77. The zero-order valence-corrected chi connectivity index (χ0v) is 12.4. The van der Waals surface area contributed by atoms with Crippen LogP contribution in [0.4, 0.5) is 0 Å². The van der Waals surface area contributed by atoms with E-state index in [1.165, 1.54) is 5.52 Å². The van der Waals surface area contributed by atoms with Crippen LogP contribution in [0, 0.1) is 0 Å². The fourth-order valence-electron chi connectivity index (χ4n) is 2.28. The summed E-state index contributed by atoms with van der Waals surface area (Å²) in [5.41, 5.74) is 2.01. The number of fused-ring (bicyclic) bond motifs is 1. The second-order valence-corrected chi connectivity index (χ2v) is 5.32. The zero-order chi connectivity index (χ0) is 14.0. The fraction of sp³-hybridized carbons (Fsp3) is 0.533. The summed E-state index contributed by atoms with van der Waals surface area (Å²) >= 11 is 0. The van der Waals surface area contributed by atoms with Gasteiger partial charge in [0, 0.05) is 12.6 Å². The Labute approximate surface area is 114 Å². The summed E-state index contributed by atoms with van der Waals surface area (Å²) in [5.74, 6) is 1.92. The van der Waals surface area contributed by atoms with Crippen LogP contribution in [0.25, 0.3) is 11.0 Å². The Balaban J connectivity index is 2.65. The van der Waals surface area contributed by atoms with E-state index in [4.69, 9.17) is 9.72 Å². The first kappa shape index (κ1) is 13.9. The summed E-state index contributed by atoms with van der Waals surface area (Å²) in [4.78, 5) is 4.80. The molecule has 0 atom stereocenters. The SMILES string of the molecule is CCCn1c(C(C)(C)NC)nc2cc(OC)ccc21. The lowest BCUT2D eigenvalue weighted by molar-refractivity contribution is 0.397. The lowest BCUT2D eigenvalue weighted by atomic mass is 10.1. The molecule has 1 aromatic carbocycles. The van der Waals surface area contributed by atoms with Crippen LogP contribution in [0.5, 0.6) is 5.75 Å². The maximum absolute atomic E-state index is 5.28. The van der Waals surface area contributed by atoms with E-state index in [1.54, 1.807) is 7.11 Å². The molecule has 0 aliphatic carbocycles. The number of aryl methyl sites for hydroxylation is 1. The summed E-state index contributed by atoms with van der Waals surface area (Å²) < 4.78 is 7.58. The van der Waals surface area contributed by atoms with Crippen molar-refractivity contribution >= 4 is 11.0 Å². The largest absolute Gasteiger partial charge is 0.497 e. The number of hydrogen-bond acceptors (Lipinski definition) is 3. The zero-order valence-electron chi connectivity index (χ0n) is 12.4. The van der Waals surface area contributed by atoms with E-state index in [-0.39, 0.29) is 5.54 Å². The number of imidazole rings is 1. The molecule has 4 heteroatoms. The number of nitrogens with one attached hydrogen (secondary N) is 1. The summed E-state index contributed by atoms with van der Waals surface area (Å²) in [7, 11) is 3.65. The van der Waals surface area contributed by atoms with Crippen molar-refractivity contribution in [1.29, 1.82) is 0 Å². The molecular formula is C15H23N3O. The average Bonchev–Trinajstić information content (AvgIpc) is 2.78. The second-order valence-electron chi connectivity index (χ2n) is 5.32. The van der Waals surface area contributed by atoms with E-state index in [2.05, 4.69) is 36.7 Å². The molecule has 1 aromatic heterocycles. The Bertz CT molecular complexity index is 572. The molecule has 0 amide bonds. The monoisotopic (exact) mass is 261 g/mol. The minimum Gasteiger partial charge on any atom is -0.497 e. The van der Waals surface area contributed by atoms with Crippen LogP contribution in [-0.4, -0.2) is 23.7 Å². The van der Waals surface area contributed by atoms with Gasteiger partial charge in [0.05, 0.1) is 23.7 Å². The van der Waals surface area contributed by atoms with Gasteiger partial charge < -0.3 is 14.6 Å². The second kappa shape index (κ2) is 5.21. The van der Waals surface area contributed by atoms with Gasteiger partial charge in [-0.3, -0.25) is 0 Å². The Morgan fingerprint density at radius 3 is 2.68 bits per heavy atom. The van der Waals surface area contributed by atoms with Crippen molar-refractivity contribution in [2.24, 2.45) is 0 Å². The highest BCUT2D eigenvalue weighted by molar-refractivity contribution is 5.78. The molecule has 1 N–H and O–H groups in total. The van der Waals surface area contributed by atoms with E-state index in [0.717, 1.165) is 30.1 Å². The van der Waals surface area contributed by atoms with Gasteiger partial charge in [-0.25, -0.2) is 4.98 Å². The third-order valence-corrected chi connectivity index (χ3v) is 3.59. The van der Waals surface area contributed by atoms with Gasteiger partial charge in [-0.2, -0.15) is 0 Å². The van der Waals surface area contributed by atoms with Crippen LogP contribution >= 0.6 is 0 Å². The molecule has 0 radical (unpaired) electrons. The van der Waals surface area contributed by atoms with Crippen LogP contribution < -0.4 is 10.1 Å². The Morgan fingerprint density at radius 2 is 2.11 bits per heavy atom. The highest BCUT2D eigenvalue weighted by Gasteiger charge is 2.25. The number of benzene rings is 1. The van der Waals surface area contributed by atoms with Gasteiger partial charge in [-0.1, -0.05) is 6.92 Å². The average molecular weight is 261 g/mol. The van der Waals surface area contributed by atoms with Crippen molar-refractivity contribution in [3.8, 4) is 5.75 Å².